The van der Waals surface area contributed by atoms with E-state index < -0.39 is 0 Å². The number of carbonyl (C=O) groups is 3. The van der Waals surface area contributed by atoms with E-state index in [9.17, 15) is 14.4 Å². The van der Waals surface area contributed by atoms with Crippen LogP contribution in [-0.4, -0.2) is 29.2 Å². The van der Waals surface area contributed by atoms with Gasteiger partial charge >= 0.3 is 0 Å². The summed E-state index contributed by atoms with van der Waals surface area (Å²) in [5.41, 5.74) is 3.08. The molecule has 3 amide bonds. The van der Waals surface area contributed by atoms with Gasteiger partial charge in [-0.2, -0.15) is 0 Å². The van der Waals surface area contributed by atoms with E-state index in [4.69, 9.17) is 0 Å². The second-order valence-electron chi connectivity index (χ2n) is 7.86. The van der Waals surface area contributed by atoms with Gasteiger partial charge in [-0.3, -0.25) is 19.3 Å². The van der Waals surface area contributed by atoms with Gasteiger partial charge < -0.3 is 5.32 Å². The second kappa shape index (κ2) is 8.48. The lowest BCUT2D eigenvalue weighted by Crippen LogP contribution is -2.38. The Morgan fingerprint density at radius 1 is 1.00 bits per heavy atom. The molecule has 1 aliphatic carbocycles. The fraction of sp³-hybridized carbons (Fsp3) is 0.292. The molecule has 0 bridgehead atoms. The van der Waals surface area contributed by atoms with E-state index in [1.54, 1.807) is 11.8 Å². The second-order valence-corrected chi connectivity index (χ2v) is 8.98. The summed E-state index contributed by atoms with van der Waals surface area (Å²) in [6, 6.07) is 13.9. The number of carbonyl (C=O) groups excluding carboxylic acids is 3. The lowest BCUT2D eigenvalue weighted by Gasteiger charge is -2.14. The summed E-state index contributed by atoms with van der Waals surface area (Å²) < 4.78 is 0. The molecule has 2 aromatic carbocycles. The number of aryl methyl sites for hydroxylation is 2. The van der Waals surface area contributed by atoms with Crippen LogP contribution in [0.4, 0.5) is 5.69 Å². The molecule has 1 heterocycles. The summed E-state index contributed by atoms with van der Waals surface area (Å²) in [5, 5.41) is 2.79. The van der Waals surface area contributed by atoms with Gasteiger partial charge in [-0.1, -0.05) is 36.0 Å². The maximum atomic E-state index is 12.5. The summed E-state index contributed by atoms with van der Waals surface area (Å²) in [6.07, 6.45) is 5.03. The number of nitrogens with one attached hydrogen (secondary N) is 1. The molecule has 2 aliphatic rings. The first-order valence-electron chi connectivity index (χ1n) is 10.1. The number of nitrogens with zero attached hydrogens (tertiary/aromatic N) is 1. The fourth-order valence-corrected chi connectivity index (χ4v) is 4.92. The Morgan fingerprint density at radius 2 is 1.63 bits per heavy atom. The third-order valence-corrected chi connectivity index (χ3v) is 6.78. The lowest BCUT2D eigenvalue weighted by atomic mass is 9.85. The summed E-state index contributed by atoms with van der Waals surface area (Å²) in [7, 11) is 0. The summed E-state index contributed by atoms with van der Waals surface area (Å²) >= 11 is 1.68. The maximum absolute atomic E-state index is 12.5. The maximum Gasteiger partial charge on any atom is 0.244 e. The van der Waals surface area contributed by atoms with Gasteiger partial charge in [0.05, 0.1) is 11.8 Å². The number of likely N-dealkylation sites (tertiary alicyclic amines) is 1. The minimum absolute atomic E-state index is 0.232. The molecule has 0 aromatic heterocycles. The molecule has 0 radical (unpaired) electrons. The predicted octanol–water partition coefficient (Wildman–Crippen LogP) is 4.34. The van der Waals surface area contributed by atoms with E-state index in [-0.39, 0.29) is 36.1 Å². The van der Waals surface area contributed by atoms with Crippen molar-refractivity contribution in [3.63, 3.8) is 0 Å². The van der Waals surface area contributed by atoms with E-state index in [1.807, 2.05) is 36.4 Å². The van der Waals surface area contributed by atoms with Gasteiger partial charge in [0, 0.05) is 15.5 Å². The van der Waals surface area contributed by atoms with Crippen LogP contribution in [0.5, 0.6) is 0 Å². The minimum Gasteiger partial charge on any atom is -0.325 e. The van der Waals surface area contributed by atoms with Crippen molar-refractivity contribution >= 4 is 35.2 Å². The summed E-state index contributed by atoms with van der Waals surface area (Å²) in [4.78, 5) is 40.8. The molecule has 2 aromatic rings. The van der Waals surface area contributed by atoms with Gasteiger partial charge in [-0.15, -0.1) is 0 Å². The third-order valence-electron chi connectivity index (χ3n) is 5.61. The Balaban J connectivity index is 1.36. The molecular weight excluding hydrogens is 396 g/mol. The molecule has 0 spiro atoms. The van der Waals surface area contributed by atoms with Crippen molar-refractivity contribution in [1.29, 1.82) is 0 Å². The Bertz CT molecular complexity index is 1000. The number of rotatable bonds is 5. The van der Waals surface area contributed by atoms with Gasteiger partial charge in [0.1, 0.15) is 6.54 Å². The number of anilines is 1. The first-order chi connectivity index (χ1) is 14.4. The van der Waals surface area contributed by atoms with E-state index in [1.165, 1.54) is 16.0 Å². The van der Waals surface area contributed by atoms with Crippen LogP contribution in [0.3, 0.4) is 0 Å². The molecule has 154 valence electrons. The molecule has 5 nitrogen and oxygen atoms in total. The van der Waals surface area contributed by atoms with Gasteiger partial charge in [0.15, 0.2) is 0 Å². The monoisotopic (exact) mass is 420 g/mol. The van der Waals surface area contributed by atoms with Crippen molar-refractivity contribution < 1.29 is 14.4 Å². The zero-order valence-corrected chi connectivity index (χ0v) is 17.9. The SMILES string of the molecule is Cc1ccc(C)c(Sc2ccc(NC(=O)CN3C(=O)[C@H]4CC=CC[C@H]4C3=O)cc2)c1. The van der Waals surface area contributed by atoms with E-state index in [2.05, 4.69) is 37.4 Å². The Hall–Kier alpha value is -2.86. The average molecular weight is 421 g/mol. The van der Waals surface area contributed by atoms with Crippen LogP contribution in [0, 0.1) is 25.7 Å². The van der Waals surface area contributed by atoms with Gasteiger partial charge in [-0.25, -0.2) is 0 Å². The lowest BCUT2D eigenvalue weighted by molar-refractivity contribution is -0.142. The van der Waals surface area contributed by atoms with Crippen molar-refractivity contribution in [2.24, 2.45) is 11.8 Å². The van der Waals surface area contributed by atoms with Crippen LogP contribution in [0.2, 0.25) is 0 Å². The van der Waals surface area contributed by atoms with Crippen LogP contribution in [0.15, 0.2) is 64.4 Å². The molecule has 6 heteroatoms. The molecule has 0 unspecified atom stereocenters. The van der Waals surface area contributed by atoms with Crippen molar-refractivity contribution in [1.82, 2.24) is 4.90 Å². The highest BCUT2D eigenvalue weighted by Crippen LogP contribution is 2.35. The number of hydrogen-bond donors (Lipinski definition) is 1. The standard InChI is InChI=1S/C24H24N2O3S/c1-15-7-8-16(2)21(13-15)30-18-11-9-17(10-12-18)25-22(27)14-26-23(28)19-5-3-4-6-20(19)24(26)29/h3-4,7-13,19-20H,5-6,14H2,1-2H3,(H,25,27)/t19-,20+. The number of fused-ring (bicyclic) bond motifs is 1. The first kappa shape index (κ1) is 20.4. The number of benzene rings is 2. The van der Waals surface area contributed by atoms with Crippen LogP contribution in [-0.2, 0) is 14.4 Å². The summed E-state index contributed by atoms with van der Waals surface area (Å²) in [6.45, 7) is 3.93. The van der Waals surface area contributed by atoms with E-state index in [0.717, 1.165) is 9.80 Å². The minimum atomic E-state index is -0.363. The van der Waals surface area contributed by atoms with Crippen LogP contribution in [0.1, 0.15) is 24.0 Å². The molecule has 0 saturated carbocycles. The molecule has 1 fully saturated rings. The van der Waals surface area contributed by atoms with Crippen LogP contribution >= 0.6 is 11.8 Å². The topological polar surface area (TPSA) is 66.5 Å². The molecule has 4 rings (SSSR count). The smallest absolute Gasteiger partial charge is 0.244 e. The quantitative estimate of drug-likeness (QED) is 0.577. The molecule has 1 saturated heterocycles. The summed E-state index contributed by atoms with van der Waals surface area (Å²) in [5.74, 6) is -1.44. The average Bonchev–Trinajstić information content (AvgIpc) is 2.97. The Kier molecular flexibility index (Phi) is 5.77. The fourth-order valence-electron chi connectivity index (χ4n) is 3.92. The molecule has 1 aliphatic heterocycles. The van der Waals surface area contributed by atoms with Crippen LogP contribution < -0.4 is 5.32 Å². The highest BCUT2D eigenvalue weighted by molar-refractivity contribution is 7.99. The largest absolute Gasteiger partial charge is 0.325 e. The Labute approximate surface area is 180 Å². The van der Waals surface area contributed by atoms with Crippen molar-refractivity contribution in [3.8, 4) is 0 Å². The normalized spacial score (nSPS) is 20.4. The molecular formula is C24H24N2O3S. The first-order valence-corrected chi connectivity index (χ1v) is 10.9. The van der Waals surface area contributed by atoms with E-state index >= 15 is 0 Å². The highest BCUT2D eigenvalue weighted by Gasteiger charge is 2.47. The molecule has 30 heavy (non-hydrogen) atoms. The van der Waals surface area contributed by atoms with Crippen molar-refractivity contribution in [2.45, 2.75) is 36.5 Å². The Morgan fingerprint density at radius 3 is 2.27 bits per heavy atom. The third kappa shape index (κ3) is 4.19. The zero-order valence-electron chi connectivity index (χ0n) is 17.1. The molecule has 2 atom stereocenters. The number of allylic oxidation sites excluding steroid dienone is 2. The zero-order chi connectivity index (χ0) is 21.3. The van der Waals surface area contributed by atoms with Gasteiger partial charge in [-0.05, 0) is 68.1 Å². The number of hydrogen-bond acceptors (Lipinski definition) is 4. The number of amides is 3. The van der Waals surface area contributed by atoms with Crippen molar-refractivity contribution in [3.05, 3.63) is 65.7 Å². The molecule has 1 N–H and O–H groups in total. The van der Waals surface area contributed by atoms with Crippen molar-refractivity contribution in [2.75, 3.05) is 11.9 Å². The van der Waals surface area contributed by atoms with Crippen LogP contribution in [0.25, 0.3) is 0 Å². The highest BCUT2D eigenvalue weighted by atomic mass is 32.2. The van der Waals surface area contributed by atoms with E-state index in [0.29, 0.717) is 18.5 Å². The number of imide groups is 1. The predicted molar refractivity (Wildman–Crippen MR) is 117 cm³/mol. The van der Waals surface area contributed by atoms with Gasteiger partial charge in [0.25, 0.3) is 0 Å². The van der Waals surface area contributed by atoms with Gasteiger partial charge in [0.2, 0.25) is 17.7 Å².